The van der Waals surface area contributed by atoms with Gasteiger partial charge in [0.05, 0.1) is 4.92 Å². The van der Waals surface area contributed by atoms with E-state index in [2.05, 4.69) is 4.99 Å². The van der Waals surface area contributed by atoms with Gasteiger partial charge >= 0.3 is 0 Å². The van der Waals surface area contributed by atoms with Crippen LogP contribution in [0.3, 0.4) is 0 Å². The molecule has 0 aromatic heterocycles. The summed E-state index contributed by atoms with van der Waals surface area (Å²) < 4.78 is 0. The predicted molar refractivity (Wildman–Crippen MR) is 55.8 cm³/mol. The van der Waals surface area contributed by atoms with Gasteiger partial charge in [0.25, 0.3) is 5.69 Å². The lowest BCUT2D eigenvalue weighted by atomic mass is 10.2. The van der Waals surface area contributed by atoms with Gasteiger partial charge < -0.3 is 0 Å². The normalized spacial score (nSPS) is 11.1. The van der Waals surface area contributed by atoms with Crippen molar-refractivity contribution in [3.63, 3.8) is 0 Å². The average Bonchev–Trinajstić information content (AvgIpc) is 2.15. The summed E-state index contributed by atoms with van der Waals surface area (Å²) in [6.07, 6.45) is 1.65. The Balaban J connectivity index is 2.89. The number of nitrogens with zero attached hydrogens (tertiary/aromatic N) is 2. The first kappa shape index (κ1) is 10.4. The lowest BCUT2D eigenvalue weighted by Gasteiger charge is -1.96. The van der Waals surface area contributed by atoms with Crippen molar-refractivity contribution >= 4 is 11.9 Å². The van der Waals surface area contributed by atoms with Crippen LogP contribution >= 0.6 is 0 Å². The van der Waals surface area contributed by atoms with Gasteiger partial charge in [0.2, 0.25) is 0 Å². The monoisotopic (exact) mass is 192 g/mol. The zero-order chi connectivity index (χ0) is 10.6. The third-order valence-corrected chi connectivity index (χ3v) is 1.60. The van der Waals surface area contributed by atoms with Crippen LogP contribution in [0.15, 0.2) is 29.3 Å². The van der Waals surface area contributed by atoms with Crippen molar-refractivity contribution < 1.29 is 4.92 Å². The zero-order valence-corrected chi connectivity index (χ0v) is 8.18. The molecule has 0 aliphatic heterocycles. The molecule has 0 heterocycles. The molecule has 14 heavy (non-hydrogen) atoms. The third kappa shape index (κ3) is 2.97. The number of non-ortho nitro benzene ring substituents is 1. The first-order valence-electron chi connectivity index (χ1n) is 4.37. The summed E-state index contributed by atoms with van der Waals surface area (Å²) in [7, 11) is 0. The largest absolute Gasteiger partial charge is 0.290 e. The summed E-state index contributed by atoms with van der Waals surface area (Å²) in [5, 5.41) is 10.5. The van der Waals surface area contributed by atoms with Crippen LogP contribution in [-0.4, -0.2) is 17.2 Å². The SMILES string of the molecule is CC(C)N=Cc1cccc([N+](=O)[O-])c1. The Labute approximate surface area is 82.4 Å². The van der Waals surface area contributed by atoms with Crippen molar-refractivity contribution in [2.45, 2.75) is 19.9 Å². The van der Waals surface area contributed by atoms with E-state index >= 15 is 0 Å². The molecule has 0 N–H and O–H groups in total. The fourth-order valence-electron chi connectivity index (χ4n) is 0.954. The lowest BCUT2D eigenvalue weighted by Crippen LogP contribution is -1.92. The second-order valence-electron chi connectivity index (χ2n) is 3.22. The van der Waals surface area contributed by atoms with Crippen LogP contribution in [0, 0.1) is 10.1 Å². The summed E-state index contributed by atoms with van der Waals surface area (Å²) in [6.45, 7) is 3.90. The molecule has 1 aromatic carbocycles. The molecule has 0 saturated carbocycles. The first-order chi connectivity index (χ1) is 6.59. The second-order valence-corrected chi connectivity index (χ2v) is 3.22. The van der Waals surface area contributed by atoms with E-state index in [9.17, 15) is 10.1 Å². The molecular formula is C10H12N2O2. The minimum Gasteiger partial charge on any atom is -0.290 e. The maximum Gasteiger partial charge on any atom is 0.270 e. The van der Waals surface area contributed by atoms with Gasteiger partial charge in [-0.3, -0.25) is 15.1 Å². The highest BCUT2D eigenvalue weighted by Gasteiger charge is 2.03. The van der Waals surface area contributed by atoms with Gasteiger partial charge in [0, 0.05) is 24.4 Å². The van der Waals surface area contributed by atoms with E-state index in [0.29, 0.717) is 0 Å². The number of hydrogen-bond acceptors (Lipinski definition) is 3. The van der Waals surface area contributed by atoms with Crippen molar-refractivity contribution in [1.82, 2.24) is 0 Å². The maximum atomic E-state index is 10.5. The van der Waals surface area contributed by atoms with Crippen molar-refractivity contribution in [2.24, 2.45) is 4.99 Å². The molecule has 0 amide bonds. The molecule has 74 valence electrons. The van der Waals surface area contributed by atoms with Crippen molar-refractivity contribution in [3.8, 4) is 0 Å². The van der Waals surface area contributed by atoms with Gasteiger partial charge in [-0.2, -0.15) is 0 Å². The predicted octanol–water partition coefficient (Wildman–Crippen LogP) is 2.42. The van der Waals surface area contributed by atoms with E-state index in [0.717, 1.165) is 5.56 Å². The molecule has 0 aliphatic carbocycles. The molecule has 0 atom stereocenters. The summed E-state index contributed by atoms with van der Waals surface area (Å²) in [6, 6.07) is 6.62. The van der Waals surface area contributed by atoms with E-state index in [-0.39, 0.29) is 11.7 Å². The Hall–Kier alpha value is -1.71. The molecule has 0 unspecified atom stereocenters. The molecule has 0 saturated heterocycles. The number of nitro groups is 1. The molecule has 0 spiro atoms. The molecule has 0 aliphatic rings. The van der Waals surface area contributed by atoms with Gasteiger partial charge in [-0.1, -0.05) is 12.1 Å². The Bertz CT molecular complexity index is 359. The van der Waals surface area contributed by atoms with E-state index in [4.69, 9.17) is 0 Å². The van der Waals surface area contributed by atoms with Crippen LogP contribution in [0.4, 0.5) is 5.69 Å². The van der Waals surface area contributed by atoms with Crippen molar-refractivity contribution in [2.75, 3.05) is 0 Å². The first-order valence-corrected chi connectivity index (χ1v) is 4.37. The maximum absolute atomic E-state index is 10.5. The highest BCUT2D eigenvalue weighted by Crippen LogP contribution is 2.11. The minimum absolute atomic E-state index is 0.0951. The summed E-state index contributed by atoms with van der Waals surface area (Å²) in [5.41, 5.74) is 0.852. The van der Waals surface area contributed by atoms with Gasteiger partial charge in [0.1, 0.15) is 0 Å². The van der Waals surface area contributed by atoms with E-state index in [1.807, 2.05) is 13.8 Å². The number of benzene rings is 1. The Kier molecular flexibility index (Phi) is 3.34. The van der Waals surface area contributed by atoms with E-state index in [1.165, 1.54) is 12.1 Å². The smallest absolute Gasteiger partial charge is 0.270 e. The number of aliphatic imine (C=N–C) groups is 1. The number of nitro benzene ring substituents is 1. The van der Waals surface area contributed by atoms with E-state index < -0.39 is 4.92 Å². The van der Waals surface area contributed by atoms with Crippen LogP contribution in [0.5, 0.6) is 0 Å². The number of hydrogen-bond donors (Lipinski definition) is 0. The fraction of sp³-hybridized carbons (Fsp3) is 0.300. The molecule has 0 bridgehead atoms. The Morgan fingerprint density at radius 2 is 2.21 bits per heavy atom. The van der Waals surface area contributed by atoms with Gasteiger partial charge in [-0.15, -0.1) is 0 Å². The molecular weight excluding hydrogens is 180 g/mol. The third-order valence-electron chi connectivity index (χ3n) is 1.60. The van der Waals surface area contributed by atoms with Gasteiger partial charge in [-0.25, -0.2) is 0 Å². The van der Waals surface area contributed by atoms with E-state index in [1.54, 1.807) is 18.3 Å². The second kappa shape index (κ2) is 4.50. The molecule has 0 radical (unpaired) electrons. The van der Waals surface area contributed by atoms with Crippen LogP contribution in [0.25, 0.3) is 0 Å². The lowest BCUT2D eigenvalue weighted by molar-refractivity contribution is -0.384. The topological polar surface area (TPSA) is 55.5 Å². The van der Waals surface area contributed by atoms with Crippen LogP contribution in [0.1, 0.15) is 19.4 Å². The summed E-state index contributed by atoms with van der Waals surface area (Å²) in [4.78, 5) is 14.2. The van der Waals surface area contributed by atoms with Crippen molar-refractivity contribution in [3.05, 3.63) is 39.9 Å². The average molecular weight is 192 g/mol. The van der Waals surface area contributed by atoms with Gasteiger partial charge in [0.15, 0.2) is 0 Å². The van der Waals surface area contributed by atoms with Gasteiger partial charge in [-0.05, 0) is 19.4 Å². The highest BCUT2D eigenvalue weighted by atomic mass is 16.6. The molecule has 4 nitrogen and oxygen atoms in total. The Morgan fingerprint density at radius 1 is 1.50 bits per heavy atom. The van der Waals surface area contributed by atoms with Crippen molar-refractivity contribution in [1.29, 1.82) is 0 Å². The summed E-state index contributed by atoms with van der Waals surface area (Å²) in [5.74, 6) is 0. The minimum atomic E-state index is -0.410. The van der Waals surface area contributed by atoms with Crippen LogP contribution in [0.2, 0.25) is 0 Å². The van der Waals surface area contributed by atoms with Crippen LogP contribution in [-0.2, 0) is 0 Å². The van der Waals surface area contributed by atoms with Crippen LogP contribution < -0.4 is 0 Å². The standard InChI is InChI=1S/C10H12N2O2/c1-8(2)11-7-9-4-3-5-10(6-9)12(13)14/h3-8H,1-2H3. The quantitative estimate of drug-likeness (QED) is 0.419. The number of rotatable bonds is 3. The zero-order valence-electron chi connectivity index (χ0n) is 8.18. The molecule has 0 fully saturated rings. The Morgan fingerprint density at radius 3 is 2.79 bits per heavy atom. The molecule has 1 aromatic rings. The highest BCUT2D eigenvalue weighted by molar-refractivity contribution is 5.80. The molecule has 4 heteroatoms. The fourth-order valence-corrected chi connectivity index (χ4v) is 0.954. The molecule has 1 rings (SSSR count). The summed E-state index contributed by atoms with van der Waals surface area (Å²) >= 11 is 0.